The second-order valence-electron chi connectivity index (χ2n) is 5.18. The van der Waals surface area contributed by atoms with Gasteiger partial charge in [0, 0.05) is 30.4 Å². The molecule has 0 unspecified atom stereocenters. The van der Waals surface area contributed by atoms with Gasteiger partial charge in [-0.25, -0.2) is 0 Å². The summed E-state index contributed by atoms with van der Waals surface area (Å²) in [5.41, 5.74) is 1.59. The van der Waals surface area contributed by atoms with Gasteiger partial charge >= 0.3 is 5.97 Å². The topological polar surface area (TPSA) is 73.4 Å². The zero-order valence-corrected chi connectivity index (χ0v) is 11.0. The number of carbonyl (C=O) groups excluding carboxylic acids is 1. The van der Waals surface area contributed by atoms with E-state index in [1.165, 1.54) is 0 Å². The van der Waals surface area contributed by atoms with E-state index in [2.05, 4.69) is 4.98 Å². The number of carbonyl (C=O) groups is 2. The highest BCUT2D eigenvalue weighted by molar-refractivity contribution is 5.98. The van der Waals surface area contributed by atoms with Crippen molar-refractivity contribution in [3.05, 3.63) is 36.0 Å². The number of aromatic nitrogens is 1. The number of fused-ring (bicyclic) bond motifs is 1. The summed E-state index contributed by atoms with van der Waals surface area (Å²) in [4.78, 5) is 28.1. The zero-order valence-electron chi connectivity index (χ0n) is 11.0. The van der Waals surface area contributed by atoms with Crippen LogP contribution in [0.5, 0.6) is 0 Å². The molecule has 5 heteroatoms. The van der Waals surface area contributed by atoms with Gasteiger partial charge in [-0.2, -0.15) is 0 Å². The molecule has 5 nitrogen and oxygen atoms in total. The highest BCUT2D eigenvalue weighted by atomic mass is 16.4. The molecule has 2 N–H and O–H groups in total. The Bertz CT molecular complexity index is 654. The van der Waals surface area contributed by atoms with Crippen molar-refractivity contribution in [3.63, 3.8) is 0 Å². The van der Waals surface area contributed by atoms with E-state index in [1.54, 1.807) is 4.90 Å². The SMILES string of the molecule is O=C(O)C1CCN(C(=O)c2ccc3cc[nH]c3c2)CC1. The second kappa shape index (κ2) is 5.00. The van der Waals surface area contributed by atoms with Crippen LogP contribution in [-0.2, 0) is 4.79 Å². The van der Waals surface area contributed by atoms with E-state index in [4.69, 9.17) is 5.11 Å². The van der Waals surface area contributed by atoms with Gasteiger partial charge in [-0.05, 0) is 36.4 Å². The molecule has 0 saturated carbocycles. The fourth-order valence-corrected chi connectivity index (χ4v) is 2.69. The standard InChI is InChI=1S/C15H16N2O3/c18-14(17-7-4-11(5-8-17)15(19)20)12-2-1-10-3-6-16-13(10)9-12/h1-3,6,9,11,16H,4-5,7-8H2,(H,19,20). The third-order valence-electron chi connectivity index (χ3n) is 3.93. The predicted octanol–water partition coefficient (Wildman–Crippen LogP) is 2.10. The Morgan fingerprint density at radius 3 is 2.65 bits per heavy atom. The number of hydrogen-bond acceptors (Lipinski definition) is 2. The van der Waals surface area contributed by atoms with Crippen molar-refractivity contribution in [2.24, 2.45) is 5.92 Å². The first-order chi connectivity index (χ1) is 9.65. The summed E-state index contributed by atoms with van der Waals surface area (Å²) < 4.78 is 0. The highest BCUT2D eigenvalue weighted by Gasteiger charge is 2.27. The van der Waals surface area contributed by atoms with Crippen LogP contribution in [0.4, 0.5) is 0 Å². The molecule has 2 aromatic rings. The number of hydrogen-bond donors (Lipinski definition) is 2. The van der Waals surface area contributed by atoms with Gasteiger partial charge in [-0.3, -0.25) is 9.59 Å². The summed E-state index contributed by atoms with van der Waals surface area (Å²) in [6.45, 7) is 1.02. The summed E-state index contributed by atoms with van der Waals surface area (Å²) in [5.74, 6) is -1.10. The van der Waals surface area contributed by atoms with Crippen LogP contribution >= 0.6 is 0 Å². The molecule has 0 aliphatic carbocycles. The molecule has 1 saturated heterocycles. The van der Waals surface area contributed by atoms with Crippen molar-refractivity contribution in [2.75, 3.05) is 13.1 Å². The fourth-order valence-electron chi connectivity index (χ4n) is 2.69. The van der Waals surface area contributed by atoms with Crippen molar-refractivity contribution < 1.29 is 14.7 Å². The van der Waals surface area contributed by atoms with E-state index in [-0.39, 0.29) is 11.8 Å². The number of aliphatic carboxylic acids is 1. The Hall–Kier alpha value is -2.30. The van der Waals surface area contributed by atoms with Gasteiger partial charge in [0.25, 0.3) is 5.91 Å². The molecule has 0 bridgehead atoms. The number of nitrogens with zero attached hydrogens (tertiary/aromatic N) is 1. The minimum Gasteiger partial charge on any atom is -0.481 e. The molecule has 1 aromatic heterocycles. The lowest BCUT2D eigenvalue weighted by atomic mass is 9.96. The smallest absolute Gasteiger partial charge is 0.306 e. The first-order valence-electron chi connectivity index (χ1n) is 6.74. The Morgan fingerprint density at radius 1 is 1.20 bits per heavy atom. The van der Waals surface area contributed by atoms with Gasteiger partial charge in [-0.15, -0.1) is 0 Å². The van der Waals surface area contributed by atoms with Gasteiger partial charge in [0.15, 0.2) is 0 Å². The Kier molecular flexibility index (Phi) is 3.18. The Morgan fingerprint density at radius 2 is 1.95 bits per heavy atom. The number of aromatic amines is 1. The van der Waals surface area contributed by atoms with Gasteiger partial charge < -0.3 is 15.0 Å². The van der Waals surface area contributed by atoms with E-state index in [0.717, 1.165) is 10.9 Å². The van der Waals surface area contributed by atoms with Crippen LogP contribution in [0.25, 0.3) is 10.9 Å². The zero-order chi connectivity index (χ0) is 14.1. The summed E-state index contributed by atoms with van der Waals surface area (Å²) in [5, 5.41) is 10.0. The number of nitrogens with one attached hydrogen (secondary N) is 1. The quantitative estimate of drug-likeness (QED) is 0.879. The molecule has 20 heavy (non-hydrogen) atoms. The van der Waals surface area contributed by atoms with Crippen molar-refractivity contribution in [2.45, 2.75) is 12.8 Å². The molecule has 104 valence electrons. The number of H-pyrrole nitrogens is 1. The molecule has 2 heterocycles. The Labute approximate surface area is 116 Å². The fraction of sp³-hybridized carbons (Fsp3) is 0.333. The maximum Gasteiger partial charge on any atom is 0.306 e. The monoisotopic (exact) mass is 272 g/mol. The lowest BCUT2D eigenvalue weighted by Crippen LogP contribution is -2.40. The van der Waals surface area contributed by atoms with Crippen LogP contribution in [0.3, 0.4) is 0 Å². The molecule has 1 fully saturated rings. The molecule has 1 aliphatic heterocycles. The molecular formula is C15H16N2O3. The number of carboxylic acids is 1. The van der Waals surface area contributed by atoms with Crippen molar-refractivity contribution in [1.29, 1.82) is 0 Å². The number of amides is 1. The third-order valence-corrected chi connectivity index (χ3v) is 3.93. The number of benzene rings is 1. The van der Waals surface area contributed by atoms with Crippen LogP contribution in [-0.4, -0.2) is 40.0 Å². The molecule has 0 radical (unpaired) electrons. The van der Waals surface area contributed by atoms with Crippen LogP contribution < -0.4 is 0 Å². The lowest BCUT2D eigenvalue weighted by molar-refractivity contribution is -0.143. The summed E-state index contributed by atoms with van der Waals surface area (Å²) in [7, 11) is 0. The minimum absolute atomic E-state index is 0.0228. The average molecular weight is 272 g/mol. The third kappa shape index (κ3) is 2.27. The molecular weight excluding hydrogens is 256 g/mol. The van der Waals surface area contributed by atoms with E-state index in [1.807, 2.05) is 30.5 Å². The molecule has 0 spiro atoms. The first kappa shape index (κ1) is 12.7. The van der Waals surface area contributed by atoms with Gasteiger partial charge in [0.05, 0.1) is 5.92 Å². The number of piperidine rings is 1. The van der Waals surface area contributed by atoms with Crippen molar-refractivity contribution >= 4 is 22.8 Å². The van der Waals surface area contributed by atoms with Crippen LogP contribution in [0, 0.1) is 5.92 Å². The first-order valence-corrected chi connectivity index (χ1v) is 6.74. The minimum atomic E-state index is -0.759. The Balaban J connectivity index is 1.74. The summed E-state index contributed by atoms with van der Waals surface area (Å²) >= 11 is 0. The maximum atomic E-state index is 12.4. The molecule has 1 aromatic carbocycles. The maximum absolute atomic E-state index is 12.4. The molecule has 0 atom stereocenters. The van der Waals surface area contributed by atoms with Gasteiger partial charge in [-0.1, -0.05) is 6.07 Å². The van der Waals surface area contributed by atoms with Crippen LogP contribution in [0.1, 0.15) is 23.2 Å². The van der Waals surface area contributed by atoms with E-state index in [9.17, 15) is 9.59 Å². The number of carboxylic acid groups (broad SMARTS) is 1. The number of likely N-dealkylation sites (tertiary alicyclic amines) is 1. The largest absolute Gasteiger partial charge is 0.481 e. The molecule has 3 rings (SSSR count). The van der Waals surface area contributed by atoms with E-state index < -0.39 is 5.97 Å². The van der Waals surface area contributed by atoms with E-state index in [0.29, 0.717) is 31.5 Å². The summed E-state index contributed by atoms with van der Waals surface area (Å²) in [6.07, 6.45) is 2.91. The predicted molar refractivity (Wildman–Crippen MR) is 74.6 cm³/mol. The number of rotatable bonds is 2. The molecule has 1 amide bonds. The lowest BCUT2D eigenvalue weighted by Gasteiger charge is -2.30. The second-order valence-corrected chi connectivity index (χ2v) is 5.18. The molecule has 1 aliphatic rings. The van der Waals surface area contributed by atoms with Gasteiger partial charge in [0.2, 0.25) is 0 Å². The van der Waals surface area contributed by atoms with Crippen LogP contribution in [0.15, 0.2) is 30.5 Å². The van der Waals surface area contributed by atoms with Crippen molar-refractivity contribution in [3.8, 4) is 0 Å². The van der Waals surface area contributed by atoms with E-state index >= 15 is 0 Å². The van der Waals surface area contributed by atoms with Crippen LogP contribution in [0.2, 0.25) is 0 Å². The van der Waals surface area contributed by atoms with Crippen molar-refractivity contribution in [1.82, 2.24) is 9.88 Å². The van der Waals surface area contributed by atoms with Gasteiger partial charge in [0.1, 0.15) is 0 Å². The highest BCUT2D eigenvalue weighted by Crippen LogP contribution is 2.21. The average Bonchev–Trinajstić information content (AvgIpc) is 2.94. The summed E-state index contributed by atoms with van der Waals surface area (Å²) in [6, 6.07) is 7.55. The normalized spacial score (nSPS) is 16.5.